The summed E-state index contributed by atoms with van der Waals surface area (Å²) in [5, 5.41) is 2.90. The summed E-state index contributed by atoms with van der Waals surface area (Å²) >= 11 is 5.51. The largest absolute Gasteiger partial charge is 0.320 e. The Hall–Kier alpha value is -0.850. The van der Waals surface area contributed by atoms with Gasteiger partial charge in [-0.2, -0.15) is 0 Å². The fraction of sp³-hybridized carbons (Fsp3) is 0.455. The molecule has 4 nitrogen and oxygen atoms in total. The van der Waals surface area contributed by atoms with Gasteiger partial charge in [0.25, 0.3) is 0 Å². The summed E-state index contributed by atoms with van der Waals surface area (Å²) < 4.78 is 38.8. The molecule has 0 aliphatic heterocycles. The van der Waals surface area contributed by atoms with Gasteiger partial charge in [0, 0.05) is 0 Å². The summed E-state index contributed by atoms with van der Waals surface area (Å²) in [7, 11) is -1.62. The monoisotopic (exact) mass is 294 g/mol. The number of nitrogens with one attached hydrogen (secondary N) is 2. The van der Waals surface area contributed by atoms with Crippen LogP contribution < -0.4 is 10.0 Å². The minimum absolute atomic E-state index is 0.0128. The van der Waals surface area contributed by atoms with Crippen LogP contribution in [0.5, 0.6) is 0 Å². The molecule has 1 rings (SSSR count). The van der Waals surface area contributed by atoms with E-state index in [-0.39, 0.29) is 16.5 Å². The molecule has 1 aromatic rings. The van der Waals surface area contributed by atoms with Crippen LogP contribution in [0.15, 0.2) is 18.2 Å². The SMILES string of the molecule is CNCCCCS(=O)(=O)Nc1ccc(Cl)c(F)c1. The maximum atomic E-state index is 13.1. The van der Waals surface area contributed by atoms with Crippen molar-refractivity contribution in [2.45, 2.75) is 12.8 Å². The Labute approximate surface area is 112 Å². The molecule has 0 unspecified atom stereocenters. The first-order valence-corrected chi connectivity index (χ1v) is 7.58. The lowest BCUT2D eigenvalue weighted by molar-refractivity contribution is 0.595. The van der Waals surface area contributed by atoms with Crippen LogP contribution in [0, 0.1) is 5.82 Å². The van der Waals surface area contributed by atoms with Gasteiger partial charge in [-0.15, -0.1) is 0 Å². The molecule has 0 spiro atoms. The molecule has 7 heteroatoms. The smallest absolute Gasteiger partial charge is 0.232 e. The zero-order chi connectivity index (χ0) is 13.6. The number of halogens is 2. The molecular weight excluding hydrogens is 279 g/mol. The molecule has 0 radical (unpaired) electrons. The van der Waals surface area contributed by atoms with E-state index in [1.807, 2.05) is 7.05 Å². The Morgan fingerprint density at radius 2 is 2.06 bits per heavy atom. The van der Waals surface area contributed by atoms with Crippen LogP contribution in [0.1, 0.15) is 12.8 Å². The van der Waals surface area contributed by atoms with E-state index in [0.717, 1.165) is 19.0 Å². The summed E-state index contributed by atoms with van der Waals surface area (Å²) in [5.74, 6) is -0.633. The van der Waals surface area contributed by atoms with Gasteiger partial charge in [-0.05, 0) is 44.6 Å². The molecule has 0 aliphatic carbocycles. The summed E-state index contributed by atoms with van der Waals surface area (Å²) in [6, 6.07) is 3.81. The van der Waals surface area contributed by atoms with E-state index in [2.05, 4.69) is 10.0 Å². The molecule has 0 amide bonds. The summed E-state index contributed by atoms with van der Waals surface area (Å²) in [4.78, 5) is 0. The molecule has 2 N–H and O–H groups in total. The van der Waals surface area contributed by atoms with Crippen molar-refractivity contribution in [3.8, 4) is 0 Å². The predicted molar refractivity (Wildman–Crippen MR) is 72.0 cm³/mol. The first-order chi connectivity index (χ1) is 8.44. The number of hydrogen-bond donors (Lipinski definition) is 2. The minimum atomic E-state index is -3.43. The van der Waals surface area contributed by atoms with Crippen molar-refractivity contribution in [2.24, 2.45) is 0 Å². The highest BCUT2D eigenvalue weighted by atomic mass is 35.5. The number of sulfonamides is 1. The molecule has 0 bridgehead atoms. The molecule has 0 fully saturated rings. The lowest BCUT2D eigenvalue weighted by Gasteiger charge is -2.08. The van der Waals surface area contributed by atoms with Crippen LogP contribution >= 0.6 is 11.6 Å². The molecule has 18 heavy (non-hydrogen) atoms. The van der Waals surface area contributed by atoms with Crippen molar-refractivity contribution in [1.82, 2.24) is 5.32 Å². The van der Waals surface area contributed by atoms with Gasteiger partial charge in [0.05, 0.1) is 16.5 Å². The van der Waals surface area contributed by atoms with Gasteiger partial charge in [0.2, 0.25) is 10.0 Å². The van der Waals surface area contributed by atoms with Crippen LogP contribution in [-0.4, -0.2) is 27.8 Å². The van der Waals surface area contributed by atoms with E-state index in [9.17, 15) is 12.8 Å². The van der Waals surface area contributed by atoms with Crippen LogP contribution in [-0.2, 0) is 10.0 Å². The van der Waals surface area contributed by atoms with E-state index >= 15 is 0 Å². The lowest BCUT2D eigenvalue weighted by Crippen LogP contribution is -2.18. The average Bonchev–Trinajstić information content (AvgIpc) is 2.29. The molecule has 0 aromatic heterocycles. The Morgan fingerprint density at radius 3 is 2.67 bits per heavy atom. The van der Waals surface area contributed by atoms with Gasteiger partial charge in [-0.1, -0.05) is 11.6 Å². The van der Waals surface area contributed by atoms with Gasteiger partial charge in [0.15, 0.2) is 0 Å². The van der Waals surface area contributed by atoms with Crippen molar-refractivity contribution < 1.29 is 12.8 Å². The van der Waals surface area contributed by atoms with Gasteiger partial charge in [0.1, 0.15) is 5.82 Å². The van der Waals surface area contributed by atoms with Gasteiger partial charge in [-0.25, -0.2) is 12.8 Å². The Morgan fingerprint density at radius 1 is 1.33 bits per heavy atom. The van der Waals surface area contributed by atoms with Crippen LogP contribution in [0.25, 0.3) is 0 Å². The molecule has 0 atom stereocenters. The van der Waals surface area contributed by atoms with E-state index < -0.39 is 15.8 Å². The second-order valence-electron chi connectivity index (χ2n) is 3.86. The number of unbranched alkanes of at least 4 members (excludes halogenated alkanes) is 1. The third-order valence-electron chi connectivity index (χ3n) is 2.28. The molecule has 0 saturated carbocycles. The summed E-state index contributed by atoms with van der Waals surface area (Å²) in [6.45, 7) is 0.769. The molecule has 0 heterocycles. The second-order valence-corrected chi connectivity index (χ2v) is 6.11. The highest BCUT2D eigenvalue weighted by Gasteiger charge is 2.11. The van der Waals surface area contributed by atoms with E-state index in [1.54, 1.807) is 0 Å². The van der Waals surface area contributed by atoms with Gasteiger partial charge < -0.3 is 5.32 Å². The first kappa shape index (κ1) is 15.2. The number of anilines is 1. The van der Waals surface area contributed by atoms with Crippen molar-refractivity contribution >= 4 is 27.3 Å². The fourth-order valence-corrected chi connectivity index (χ4v) is 2.67. The molecule has 1 aromatic carbocycles. The van der Waals surface area contributed by atoms with Crippen LogP contribution in [0.2, 0.25) is 5.02 Å². The van der Waals surface area contributed by atoms with E-state index in [0.29, 0.717) is 6.42 Å². The number of benzene rings is 1. The number of hydrogen-bond acceptors (Lipinski definition) is 3. The number of rotatable bonds is 7. The highest BCUT2D eigenvalue weighted by Crippen LogP contribution is 2.19. The minimum Gasteiger partial charge on any atom is -0.320 e. The van der Waals surface area contributed by atoms with Gasteiger partial charge in [-0.3, -0.25) is 4.72 Å². The fourth-order valence-electron chi connectivity index (χ4n) is 1.38. The summed E-state index contributed by atoms with van der Waals surface area (Å²) in [6.07, 6.45) is 1.32. The van der Waals surface area contributed by atoms with Crippen LogP contribution in [0.3, 0.4) is 0 Å². The first-order valence-electron chi connectivity index (χ1n) is 5.55. The van der Waals surface area contributed by atoms with Gasteiger partial charge >= 0.3 is 0 Å². The van der Waals surface area contributed by atoms with Crippen molar-refractivity contribution in [2.75, 3.05) is 24.1 Å². The molecule has 102 valence electrons. The maximum absolute atomic E-state index is 13.1. The van der Waals surface area contributed by atoms with E-state index in [1.165, 1.54) is 12.1 Å². The van der Waals surface area contributed by atoms with Crippen molar-refractivity contribution in [3.05, 3.63) is 29.0 Å². The third-order valence-corrected chi connectivity index (χ3v) is 3.96. The quantitative estimate of drug-likeness (QED) is 0.758. The van der Waals surface area contributed by atoms with Crippen molar-refractivity contribution in [1.29, 1.82) is 0 Å². The third kappa shape index (κ3) is 5.20. The van der Waals surface area contributed by atoms with Crippen LogP contribution in [0.4, 0.5) is 10.1 Å². The molecule has 0 saturated heterocycles. The zero-order valence-electron chi connectivity index (χ0n) is 10.0. The lowest BCUT2D eigenvalue weighted by atomic mass is 10.3. The van der Waals surface area contributed by atoms with Crippen molar-refractivity contribution in [3.63, 3.8) is 0 Å². The van der Waals surface area contributed by atoms with E-state index in [4.69, 9.17) is 11.6 Å². The topological polar surface area (TPSA) is 58.2 Å². The Kier molecular flexibility index (Phi) is 5.84. The zero-order valence-corrected chi connectivity index (χ0v) is 11.6. The maximum Gasteiger partial charge on any atom is 0.232 e. The molecular formula is C11H16ClFN2O2S. The summed E-state index contributed by atoms with van der Waals surface area (Å²) in [5.41, 5.74) is 0.186. The highest BCUT2D eigenvalue weighted by molar-refractivity contribution is 7.92. The normalized spacial score (nSPS) is 11.5. The Bertz CT molecular complexity index is 494. The second kappa shape index (κ2) is 6.92. The predicted octanol–water partition coefficient (Wildman–Crippen LogP) is 2.22. The standard InChI is InChI=1S/C11H16ClFN2O2S/c1-14-6-2-3-7-18(16,17)15-9-4-5-10(12)11(13)8-9/h4-5,8,14-15H,2-3,6-7H2,1H3. The molecule has 0 aliphatic rings. The average molecular weight is 295 g/mol. The Balaban J connectivity index is 2.56.